The van der Waals surface area contributed by atoms with Gasteiger partial charge in [0.15, 0.2) is 0 Å². The van der Waals surface area contributed by atoms with Gasteiger partial charge in [0.05, 0.1) is 0 Å². The van der Waals surface area contributed by atoms with Crippen molar-refractivity contribution < 1.29 is 0 Å². The number of anilines is 1. The maximum Gasteiger partial charge on any atom is 0.0366 e. The Balaban J connectivity index is 1.73. The van der Waals surface area contributed by atoms with Crippen molar-refractivity contribution in [2.24, 2.45) is 11.8 Å². The molecule has 0 bridgehead atoms. The summed E-state index contributed by atoms with van der Waals surface area (Å²) in [5, 5.41) is 3.49. The molecule has 2 unspecified atom stereocenters. The molecule has 0 radical (unpaired) electrons. The summed E-state index contributed by atoms with van der Waals surface area (Å²) in [6.45, 7) is 7.12. The predicted octanol–water partition coefficient (Wildman–Crippen LogP) is 1.90. The number of aryl methyl sites for hydroxylation is 1. The number of rotatable bonds is 2. The maximum absolute atomic E-state index is 3.49. The summed E-state index contributed by atoms with van der Waals surface area (Å²) in [5.41, 5.74) is 2.84. The van der Waals surface area contributed by atoms with Crippen molar-refractivity contribution in [1.29, 1.82) is 0 Å². The van der Waals surface area contributed by atoms with Crippen LogP contribution in [-0.2, 0) is 6.42 Å². The van der Waals surface area contributed by atoms with Crippen LogP contribution in [0.4, 0.5) is 5.69 Å². The zero-order valence-electron chi connectivity index (χ0n) is 9.95. The first-order chi connectivity index (χ1) is 7.86. The highest BCUT2D eigenvalue weighted by Gasteiger charge is 2.35. The van der Waals surface area contributed by atoms with Crippen LogP contribution < -0.4 is 10.2 Å². The number of benzene rings is 1. The van der Waals surface area contributed by atoms with E-state index in [9.17, 15) is 0 Å². The second kappa shape index (κ2) is 4.10. The van der Waals surface area contributed by atoms with Crippen LogP contribution in [0.2, 0.25) is 0 Å². The monoisotopic (exact) mass is 216 g/mol. The molecule has 2 fully saturated rings. The van der Waals surface area contributed by atoms with Crippen molar-refractivity contribution in [3.05, 3.63) is 29.8 Å². The van der Waals surface area contributed by atoms with Crippen molar-refractivity contribution in [3.63, 3.8) is 0 Å². The Morgan fingerprint density at radius 2 is 1.75 bits per heavy atom. The predicted molar refractivity (Wildman–Crippen MR) is 67.9 cm³/mol. The quantitative estimate of drug-likeness (QED) is 0.812. The molecule has 2 saturated heterocycles. The van der Waals surface area contributed by atoms with E-state index in [0.29, 0.717) is 0 Å². The number of hydrogen-bond acceptors (Lipinski definition) is 2. The summed E-state index contributed by atoms with van der Waals surface area (Å²) in [4.78, 5) is 2.55. The fourth-order valence-corrected chi connectivity index (χ4v) is 3.01. The van der Waals surface area contributed by atoms with E-state index in [1.165, 1.54) is 37.4 Å². The van der Waals surface area contributed by atoms with Gasteiger partial charge < -0.3 is 10.2 Å². The van der Waals surface area contributed by atoms with E-state index >= 15 is 0 Å². The molecule has 2 heteroatoms. The third-order valence-electron chi connectivity index (χ3n) is 4.10. The minimum atomic E-state index is 0.880. The molecule has 1 N–H and O–H groups in total. The molecule has 86 valence electrons. The van der Waals surface area contributed by atoms with E-state index in [-0.39, 0.29) is 0 Å². The van der Waals surface area contributed by atoms with E-state index in [4.69, 9.17) is 0 Å². The van der Waals surface area contributed by atoms with Gasteiger partial charge in [0, 0.05) is 31.9 Å². The Hall–Kier alpha value is -1.02. The van der Waals surface area contributed by atoms with Crippen LogP contribution in [0.25, 0.3) is 0 Å². The van der Waals surface area contributed by atoms with Crippen molar-refractivity contribution >= 4 is 5.69 Å². The van der Waals surface area contributed by atoms with Crippen molar-refractivity contribution in [1.82, 2.24) is 5.32 Å². The fraction of sp³-hybridized carbons (Fsp3) is 0.571. The molecule has 0 amide bonds. The van der Waals surface area contributed by atoms with Gasteiger partial charge >= 0.3 is 0 Å². The van der Waals surface area contributed by atoms with Gasteiger partial charge in [-0.15, -0.1) is 0 Å². The Labute approximate surface area is 97.6 Å². The topological polar surface area (TPSA) is 15.3 Å². The smallest absolute Gasteiger partial charge is 0.0366 e. The first-order valence-electron chi connectivity index (χ1n) is 6.41. The highest BCUT2D eigenvalue weighted by Crippen LogP contribution is 2.30. The Kier molecular flexibility index (Phi) is 2.60. The third-order valence-corrected chi connectivity index (χ3v) is 4.10. The Morgan fingerprint density at radius 3 is 2.31 bits per heavy atom. The van der Waals surface area contributed by atoms with Crippen LogP contribution in [0.5, 0.6) is 0 Å². The lowest BCUT2D eigenvalue weighted by atomic mass is 10.0. The highest BCUT2D eigenvalue weighted by molar-refractivity contribution is 5.49. The normalized spacial score (nSPS) is 28.4. The molecule has 0 spiro atoms. The van der Waals surface area contributed by atoms with E-state index in [0.717, 1.165) is 18.3 Å². The zero-order valence-corrected chi connectivity index (χ0v) is 9.95. The molecule has 0 saturated carbocycles. The van der Waals surface area contributed by atoms with Gasteiger partial charge in [-0.2, -0.15) is 0 Å². The number of nitrogens with one attached hydrogen (secondary N) is 1. The van der Waals surface area contributed by atoms with Crippen molar-refractivity contribution in [2.45, 2.75) is 13.3 Å². The maximum atomic E-state index is 3.49. The van der Waals surface area contributed by atoms with Gasteiger partial charge in [0.2, 0.25) is 0 Å². The molecule has 2 nitrogen and oxygen atoms in total. The van der Waals surface area contributed by atoms with E-state index in [2.05, 4.69) is 41.4 Å². The van der Waals surface area contributed by atoms with Gasteiger partial charge in [-0.25, -0.2) is 0 Å². The van der Waals surface area contributed by atoms with Gasteiger partial charge in [0.25, 0.3) is 0 Å². The zero-order chi connectivity index (χ0) is 11.0. The lowest BCUT2D eigenvalue weighted by molar-refractivity contribution is 0.533. The number of nitrogens with zero attached hydrogens (tertiary/aromatic N) is 1. The largest absolute Gasteiger partial charge is 0.371 e. The Bertz CT molecular complexity index is 346. The molecule has 0 aliphatic carbocycles. The summed E-state index contributed by atoms with van der Waals surface area (Å²) >= 11 is 0. The first-order valence-corrected chi connectivity index (χ1v) is 6.41. The van der Waals surface area contributed by atoms with Crippen LogP contribution in [0.15, 0.2) is 24.3 Å². The molecular formula is C14H20N2. The number of fused-ring (bicyclic) bond motifs is 1. The summed E-state index contributed by atoms with van der Waals surface area (Å²) < 4.78 is 0. The highest BCUT2D eigenvalue weighted by atomic mass is 15.2. The molecule has 2 aliphatic heterocycles. The van der Waals surface area contributed by atoms with Crippen LogP contribution in [0.1, 0.15) is 12.5 Å². The van der Waals surface area contributed by atoms with Gasteiger partial charge in [-0.05, 0) is 36.0 Å². The van der Waals surface area contributed by atoms with Gasteiger partial charge in [-0.3, -0.25) is 0 Å². The van der Waals surface area contributed by atoms with Gasteiger partial charge in [-0.1, -0.05) is 19.1 Å². The lowest BCUT2D eigenvalue weighted by Gasteiger charge is -2.19. The van der Waals surface area contributed by atoms with Gasteiger partial charge in [0.1, 0.15) is 0 Å². The first kappa shape index (κ1) is 10.2. The minimum absolute atomic E-state index is 0.880. The van der Waals surface area contributed by atoms with Crippen LogP contribution in [0.3, 0.4) is 0 Å². The average Bonchev–Trinajstić information content (AvgIpc) is 2.89. The molecule has 16 heavy (non-hydrogen) atoms. The second-order valence-electron chi connectivity index (χ2n) is 5.10. The molecule has 3 rings (SSSR count). The van der Waals surface area contributed by atoms with Crippen LogP contribution >= 0.6 is 0 Å². The summed E-state index contributed by atoms with van der Waals surface area (Å²) in [6, 6.07) is 9.10. The Morgan fingerprint density at radius 1 is 1.12 bits per heavy atom. The summed E-state index contributed by atoms with van der Waals surface area (Å²) in [5.74, 6) is 1.76. The molecule has 0 aromatic heterocycles. The standard InChI is InChI=1S/C14H20N2/c1-2-11-3-5-14(6-4-11)16-9-12-7-15-8-13(12)10-16/h3-6,12-13,15H,2,7-10H2,1H3. The SMILES string of the molecule is CCc1ccc(N2CC3CNCC3C2)cc1. The molecule has 1 aromatic carbocycles. The third kappa shape index (κ3) is 1.71. The fourth-order valence-electron chi connectivity index (χ4n) is 3.01. The second-order valence-corrected chi connectivity index (χ2v) is 5.10. The van der Waals surface area contributed by atoms with Crippen LogP contribution in [-0.4, -0.2) is 26.2 Å². The molecular weight excluding hydrogens is 196 g/mol. The molecule has 1 aromatic rings. The van der Waals surface area contributed by atoms with Crippen LogP contribution in [0, 0.1) is 11.8 Å². The lowest BCUT2D eigenvalue weighted by Crippen LogP contribution is -2.25. The minimum Gasteiger partial charge on any atom is -0.371 e. The van der Waals surface area contributed by atoms with E-state index < -0.39 is 0 Å². The molecule has 2 aliphatic rings. The summed E-state index contributed by atoms with van der Waals surface area (Å²) in [7, 11) is 0. The summed E-state index contributed by atoms with van der Waals surface area (Å²) in [6.07, 6.45) is 1.13. The molecule has 2 heterocycles. The van der Waals surface area contributed by atoms with Crippen molar-refractivity contribution in [2.75, 3.05) is 31.1 Å². The van der Waals surface area contributed by atoms with E-state index in [1.807, 2.05) is 0 Å². The van der Waals surface area contributed by atoms with E-state index in [1.54, 1.807) is 0 Å². The van der Waals surface area contributed by atoms with Crippen molar-refractivity contribution in [3.8, 4) is 0 Å². The average molecular weight is 216 g/mol. The molecule has 2 atom stereocenters. The number of hydrogen-bond donors (Lipinski definition) is 1.